The fourth-order valence-electron chi connectivity index (χ4n) is 3.55. The van der Waals surface area contributed by atoms with Gasteiger partial charge in [0.05, 0.1) is 5.69 Å². The minimum absolute atomic E-state index is 0.0437. The first-order chi connectivity index (χ1) is 14.5. The minimum Gasteiger partial charge on any atom is -0.441 e. The van der Waals surface area contributed by atoms with Gasteiger partial charge in [-0.15, -0.1) is 0 Å². The smallest absolute Gasteiger partial charge is 0.321 e. The number of carbonyl (C=O) groups excluding carboxylic acids is 1. The van der Waals surface area contributed by atoms with E-state index in [0.29, 0.717) is 19.0 Å². The Bertz CT molecular complexity index is 1000. The first-order valence-electron chi connectivity index (χ1n) is 10.4. The second-order valence-corrected chi connectivity index (χ2v) is 7.95. The van der Waals surface area contributed by atoms with Crippen LogP contribution in [0.15, 0.2) is 52.9 Å². The van der Waals surface area contributed by atoms with Gasteiger partial charge in [-0.3, -0.25) is 4.90 Å². The highest BCUT2D eigenvalue weighted by Crippen LogP contribution is 2.23. The van der Waals surface area contributed by atoms with Gasteiger partial charge in [-0.1, -0.05) is 35.4 Å². The molecule has 1 aromatic heterocycles. The normalized spacial score (nSPS) is 14.7. The molecule has 0 saturated carbocycles. The lowest BCUT2D eigenvalue weighted by Crippen LogP contribution is -2.49. The van der Waals surface area contributed by atoms with Crippen LogP contribution >= 0.6 is 0 Å². The topological polar surface area (TPSA) is 61.6 Å². The van der Waals surface area contributed by atoms with E-state index in [1.165, 1.54) is 11.1 Å². The summed E-state index contributed by atoms with van der Waals surface area (Å²) in [6.45, 7) is 9.81. The number of oxazole rings is 1. The first kappa shape index (κ1) is 20.2. The van der Waals surface area contributed by atoms with Crippen molar-refractivity contribution in [1.29, 1.82) is 0 Å². The fourth-order valence-corrected chi connectivity index (χ4v) is 3.55. The Labute approximate surface area is 177 Å². The lowest BCUT2D eigenvalue weighted by molar-refractivity contribution is 0.141. The molecule has 1 aliphatic rings. The van der Waals surface area contributed by atoms with Gasteiger partial charge in [-0.25, -0.2) is 9.78 Å². The number of aryl methyl sites for hydroxylation is 3. The molecule has 4 rings (SSSR count). The molecule has 1 saturated heterocycles. The number of nitrogens with zero attached hydrogens (tertiary/aromatic N) is 3. The minimum atomic E-state index is -0.0437. The van der Waals surface area contributed by atoms with Gasteiger partial charge in [0.25, 0.3) is 0 Å². The molecule has 156 valence electrons. The Morgan fingerprint density at radius 2 is 1.53 bits per heavy atom. The number of aromatic nitrogens is 1. The quantitative estimate of drug-likeness (QED) is 0.689. The average Bonchev–Trinajstić information content (AvgIpc) is 3.11. The summed E-state index contributed by atoms with van der Waals surface area (Å²) in [4.78, 5) is 21.4. The number of carbonyl (C=O) groups is 1. The molecular formula is C24H28N4O2. The SMILES string of the molecule is Cc1ccc(NC(=O)N2CCN(Cc3nc(-c4ccc(C)cc4)oc3C)CC2)cc1. The molecule has 30 heavy (non-hydrogen) atoms. The van der Waals surface area contributed by atoms with E-state index in [9.17, 15) is 4.79 Å². The van der Waals surface area contributed by atoms with E-state index in [-0.39, 0.29) is 6.03 Å². The summed E-state index contributed by atoms with van der Waals surface area (Å²) >= 11 is 0. The number of hydrogen-bond acceptors (Lipinski definition) is 4. The van der Waals surface area contributed by atoms with Crippen LogP contribution in [0.25, 0.3) is 11.5 Å². The van der Waals surface area contributed by atoms with Crippen LogP contribution in [0.2, 0.25) is 0 Å². The van der Waals surface area contributed by atoms with Crippen molar-refractivity contribution in [3.05, 3.63) is 71.1 Å². The number of piperazine rings is 1. The van der Waals surface area contributed by atoms with Crippen LogP contribution in [0.4, 0.5) is 10.5 Å². The Balaban J connectivity index is 1.32. The molecule has 1 aliphatic heterocycles. The number of benzene rings is 2. The van der Waals surface area contributed by atoms with Gasteiger partial charge in [-0.2, -0.15) is 0 Å². The Hall–Kier alpha value is -3.12. The maximum atomic E-state index is 12.5. The molecule has 2 amide bonds. The molecule has 3 aromatic rings. The van der Waals surface area contributed by atoms with Crippen molar-refractivity contribution < 1.29 is 9.21 Å². The molecule has 6 nitrogen and oxygen atoms in total. The number of hydrogen-bond donors (Lipinski definition) is 1. The van der Waals surface area contributed by atoms with E-state index in [2.05, 4.69) is 29.3 Å². The second-order valence-electron chi connectivity index (χ2n) is 7.95. The molecule has 2 heterocycles. The number of rotatable bonds is 4. The van der Waals surface area contributed by atoms with Gasteiger partial charge in [0.1, 0.15) is 5.76 Å². The van der Waals surface area contributed by atoms with Gasteiger partial charge >= 0.3 is 6.03 Å². The van der Waals surface area contributed by atoms with Crippen molar-refractivity contribution in [2.75, 3.05) is 31.5 Å². The highest BCUT2D eigenvalue weighted by atomic mass is 16.4. The van der Waals surface area contributed by atoms with Gasteiger partial charge in [0.2, 0.25) is 5.89 Å². The zero-order valence-electron chi connectivity index (χ0n) is 17.8. The molecular weight excluding hydrogens is 376 g/mol. The van der Waals surface area contributed by atoms with E-state index in [1.54, 1.807) is 0 Å². The van der Waals surface area contributed by atoms with Crippen LogP contribution in [0.3, 0.4) is 0 Å². The zero-order chi connectivity index (χ0) is 21.1. The average molecular weight is 405 g/mol. The summed E-state index contributed by atoms with van der Waals surface area (Å²) < 4.78 is 5.90. The van der Waals surface area contributed by atoms with Crippen molar-refractivity contribution in [3.8, 4) is 11.5 Å². The molecule has 1 N–H and O–H groups in total. The largest absolute Gasteiger partial charge is 0.441 e. The Morgan fingerprint density at radius 1 is 0.933 bits per heavy atom. The van der Waals surface area contributed by atoms with Crippen LogP contribution < -0.4 is 5.32 Å². The summed E-state index contributed by atoms with van der Waals surface area (Å²) in [5, 5.41) is 2.98. The maximum Gasteiger partial charge on any atom is 0.321 e. The third-order valence-electron chi connectivity index (χ3n) is 5.53. The van der Waals surface area contributed by atoms with Crippen LogP contribution in [0, 0.1) is 20.8 Å². The summed E-state index contributed by atoms with van der Waals surface area (Å²) in [5.74, 6) is 1.52. The van der Waals surface area contributed by atoms with Crippen molar-refractivity contribution in [3.63, 3.8) is 0 Å². The van der Waals surface area contributed by atoms with Crippen molar-refractivity contribution in [2.45, 2.75) is 27.3 Å². The molecule has 6 heteroatoms. The van der Waals surface area contributed by atoms with E-state index in [0.717, 1.165) is 42.3 Å². The van der Waals surface area contributed by atoms with E-state index in [1.807, 2.05) is 55.1 Å². The van der Waals surface area contributed by atoms with Crippen LogP contribution in [-0.2, 0) is 6.54 Å². The predicted molar refractivity (Wildman–Crippen MR) is 118 cm³/mol. The highest BCUT2D eigenvalue weighted by molar-refractivity contribution is 5.89. The highest BCUT2D eigenvalue weighted by Gasteiger charge is 2.23. The third kappa shape index (κ3) is 4.71. The Kier molecular flexibility index (Phi) is 5.86. The predicted octanol–water partition coefficient (Wildman–Crippen LogP) is 4.62. The molecule has 0 radical (unpaired) electrons. The van der Waals surface area contributed by atoms with Crippen molar-refractivity contribution in [2.24, 2.45) is 0 Å². The first-order valence-corrected chi connectivity index (χ1v) is 10.4. The van der Waals surface area contributed by atoms with Crippen molar-refractivity contribution >= 4 is 11.7 Å². The standard InChI is InChI=1S/C24H28N4O2/c1-17-4-8-20(9-5-17)23-26-22(19(3)30-23)16-27-12-14-28(15-13-27)24(29)25-21-10-6-18(2)7-11-21/h4-11H,12-16H2,1-3H3,(H,25,29). The number of urea groups is 1. The molecule has 2 aromatic carbocycles. The number of amides is 2. The molecule has 1 fully saturated rings. The second kappa shape index (κ2) is 8.71. The lowest BCUT2D eigenvalue weighted by atomic mass is 10.1. The van der Waals surface area contributed by atoms with Gasteiger partial charge in [0, 0.05) is 44.0 Å². The monoisotopic (exact) mass is 404 g/mol. The summed E-state index contributed by atoms with van der Waals surface area (Å²) in [6.07, 6.45) is 0. The van der Waals surface area contributed by atoms with E-state index in [4.69, 9.17) is 9.40 Å². The molecule has 0 unspecified atom stereocenters. The number of nitrogens with one attached hydrogen (secondary N) is 1. The Morgan fingerprint density at radius 3 is 2.17 bits per heavy atom. The molecule has 0 bridgehead atoms. The number of anilines is 1. The summed E-state index contributed by atoms with van der Waals surface area (Å²) in [6, 6.07) is 16.0. The van der Waals surface area contributed by atoms with Gasteiger partial charge < -0.3 is 14.6 Å². The molecule has 0 atom stereocenters. The van der Waals surface area contributed by atoms with E-state index < -0.39 is 0 Å². The summed E-state index contributed by atoms with van der Waals surface area (Å²) in [7, 11) is 0. The third-order valence-corrected chi connectivity index (χ3v) is 5.53. The maximum absolute atomic E-state index is 12.5. The van der Waals surface area contributed by atoms with Gasteiger partial charge in [-0.05, 0) is 45.0 Å². The van der Waals surface area contributed by atoms with Crippen molar-refractivity contribution in [1.82, 2.24) is 14.8 Å². The fraction of sp³-hybridized carbons (Fsp3) is 0.333. The van der Waals surface area contributed by atoms with Crippen LogP contribution in [-0.4, -0.2) is 47.0 Å². The van der Waals surface area contributed by atoms with E-state index >= 15 is 0 Å². The van der Waals surface area contributed by atoms with Crippen LogP contribution in [0.1, 0.15) is 22.6 Å². The lowest BCUT2D eigenvalue weighted by Gasteiger charge is -2.34. The van der Waals surface area contributed by atoms with Gasteiger partial charge in [0.15, 0.2) is 0 Å². The molecule has 0 spiro atoms. The van der Waals surface area contributed by atoms with Crippen LogP contribution in [0.5, 0.6) is 0 Å². The zero-order valence-corrected chi connectivity index (χ0v) is 17.8. The summed E-state index contributed by atoms with van der Waals surface area (Å²) in [5.41, 5.74) is 5.17. The molecule has 0 aliphatic carbocycles.